The van der Waals surface area contributed by atoms with Gasteiger partial charge in [-0.15, -0.1) is 0 Å². The monoisotopic (exact) mass is 500 g/mol. The maximum absolute atomic E-state index is 13.1. The molecule has 1 aliphatic heterocycles. The first-order valence-corrected chi connectivity index (χ1v) is 13.3. The fraction of sp³-hybridized carbons (Fsp3) is 0.406. The Labute approximate surface area is 221 Å². The van der Waals surface area contributed by atoms with Crippen LogP contribution in [0, 0.1) is 0 Å². The van der Waals surface area contributed by atoms with Gasteiger partial charge in [-0.1, -0.05) is 91.0 Å². The highest BCUT2D eigenvalue weighted by atomic mass is 16.6. The first kappa shape index (κ1) is 26.9. The van der Waals surface area contributed by atoms with Crippen LogP contribution in [0.3, 0.4) is 0 Å². The Balaban J connectivity index is 1.67. The highest BCUT2D eigenvalue weighted by Crippen LogP contribution is 2.29. The van der Waals surface area contributed by atoms with Crippen molar-refractivity contribution in [3.8, 4) is 0 Å². The standard InChI is InChI=1S/C32H40N2O3/c1-32(2,3)37-31(36)34-21-13-20-28(34)30(35)29(22-25-14-7-4-8-15-25)33(23-26-16-9-5-10-17-26)24-27-18-11-6-12-19-27/h4-12,14-19,28-30,35H,13,20-24H2,1-3H3/t28-,29+,30+/m1/s1. The molecule has 0 spiro atoms. The van der Waals surface area contributed by atoms with Crippen LogP contribution in [0.25, 0.3) is 0 Å². The van der Waals surface area contributed by atoms with E-state index in [1.807, 2.05) is 51.1 Å². The molecule has 1 aliphatic rings. The SMILES string of the molecule is CC(C)(C)OC(=O)N1CCC[C@@H]1[C@H](O)[C@H](Cc1ccccc1)N(Cc1ccccc1)Cc1ccccc1. The molecule has 1 saturated heterocycles. The van der Waals surface area contributed by atoms with E-state index in [1.54, 1.807) is 4.90 Å². The number of likely N-dealkylation sites (tertiary alicyclic amines) is 1. The number of nitrogens with zero attached hydrogens (tertiary/aromatic N) is 2. The third kappa shape index (κ3) is 7.67. The lowest BCUT2D eigenvalue weighted by molar-refractivity contribution is -0.0250. The minimum absolute atomic E-state index is 0.198. The fourth-order valence-electron chi connectivity index (χ4n) is 5.20. The Hall–Kier alpha value is -3.15. The van der Waals surface area contributed by atoms with Gasteiger partial charge in [-0.3, -0.25) is 4.90 Å². The van der Waals surface area contributed by atoms with Crippen LogP contribution >= 0.6 is 0 Å². The van der Waals surface area contributed by atoms with Crippen molar-refractivity contribution in [2.75, 3.05) is 6.54 Å². The normalized spacial score (nSPS) is 17.5. The van der Waals surface area contributed by atoms with Gasteiger partial charge in [0.15, 0.2) is 0 Å². The summed E-state index contributed by atoms with van der Waals surface area (Å²) in [6.45, 7) is 7.64. The van der Waals surface area contributed by atoms with Gasteiger partial charge in [0.25, 0.3) is 0 Å². The zero-order valence-corrected chi connectivity index (χ0v) is 22.3. The van der Waals surface area contributed by atoms with Crippen LogP contribution in [0.15, 0.2) is 91.0 Å². The van der Waals surface area contributed by atoms with E-state index in [0.29, 0.717) is 26.1 Å². The van der Waals surface area contributed by atoms with Gasteiger partial charge in [0.05, 0.1) is 12.1 Å². The van der Waals surface area contributed by atoms with Gasteiger partial charge in [0.1, 0.15) is 5.60 Å². The summed E-state index contributed by atoms with van der Waals surface area (Å²) in [5.41, 5.74) is 2.98. The third-order valence-electron chi connectivity index (χ3n) is 6.93. The van der Waals surface area contributed by atoms with Crippen molar-refractivity contribution >= 4 is 6.09 Å². The molecule has 1 amide bonds. The van der Waals surface area contributed by atoms with Gasteiger partial charge in [-0.2, -0.15) is 0 Å². The van der Waals surface area contributed by atoms with Crippen molar-refractivity contribution < 1.29 is 14.6 Å². The minimum Gasteiger partial charge on any atom is -0.444 e. The Morgan fingerprint density at radius 1 is 0.892 bits per heavy atom. The molecule has 3 aromatic carbocycles. The van der Waals surface area contributed by atoms with Gasteiger partial charge in [0, 0.05) is 25.7 Å². The van der Waals surface area contributed by atoms with Gasteiger partial charge in [0.2, 0.25) is 0 Å². The summed E-state index contributed by atoms with van der Waals surface area (Å²) in [7, 11) is 0. The molecule has 0 aromatic heterocycles. The van der Waals surface area contributed by atoms with Crippen LogP contribution in [0.2, 0.25) is 0 Å². The van der Waals surface area contributed by atoms with Crippen LogP contribution in [0.1, 0.15) is 50.3 Å². The average molecular weight is 501 g/mol. The summed E-state index contributed by atoms with van der Waals surface area (Å²) in [6, 6.07) is 30.6. The Bertz CT molecular complexity index is 1060. The molecule has 3 atom stereocenters. The second-order valence-corrected chi connectivity index (χ2v) is 11.0. The van der Waals surface area contributed by atoms with Gasteiger partial charge < -0.3 is 14.7 Å². The lowest BCUT2D eigenvalue weighted by Crippen LogP contribution is -2.54. The maximum Gasteiger partial charge on any atom is 0.410 e. The van der Waals surface area contributed by atoms with E-state index in [4.69, 9.17) is 4.74 Å². The molecule has 5 nitrogen and oxygen atoms in total. The minimum atomic E-state index is -0.734. The van der Waals surface area contributed by atoms with Crippen molar-refractivity contribution in [1.29, 1.82) is 0 Å². The Kier molecular flexibility index (Phi) is 9.01. The molecule has 4 rings (SSSR count). The van der Waals surface area contributed by atoms with Gasteiger partial charge in [-0.25, -0.2) is 4.79 Å². The number of ether oxygens (including phenoxy) is 1. The molecule has 3 aromatic rings. The zero-order valence-electron chi connectivity index (χ0n) is 22.3. The Morgan fingerprint density at radius 2 is 1.38 bits per heavy atom. The van der Waals surface area contributed by atoms with Crippen molar-refractivity contribution in [3.05, 3.63) is 108 Å². The smallest absolute Gasteiger partial charge is 0.410 e. The molecular formula is C32H40N2O3. The van der Waals surface area contributed by atoms with E-state index in [2.05, 4.69) is 65.6 Å². The Morgan fingerprint density at radius 3 is 1.86 bits per heavy atom. The number of carbonyl (C=O) groups is 1. The average Bonchev–Trinajstić information content (AvgIpc) is 3.38. The van der Waals surface area contributed by atoms with Crippen molar-refractivity contribution in [3.63, 3.8) is 0 Å². The largest absolute Gasteiger partial charge is 0.444 e. The van der Waals surface area contributed by atoms with E-state index in [0.717, 1.165) is 12.8 Å². The fourth-order valence-corrected chi connectivity index (χ4v) is 5.20. The second-order valence-electron chi connectivity index (χ2n) is 11.0. The zero-order chi connectivity index (χ0) is 26.3. The predicted molar refractivity (Wildman–Crippen MR) is 148 cm³/mol. The highest BCUT2D eigenvalue weighted by molar-refractivity contribution is 5.69. The number of carbonyl (C=O) groups excluding carboxylic acids is 1. The van der Waals surface area contributed by atoms with Gasteiger partial charge >= 0.3 is 6.09 Å². The molecule has 1 heterocycles. The van der Waals surface area contributed by atoms with Crippen LogP contribution in [-0.4, -0.2) is 51.3 Å². The van der Waals surface area contributed by atoms with Gasteiger partial charge in [-0.05, 0) is 56.7 Å². The molecule has 1 fully saturated rings. The molecule has 1 N–H and O–H groups in total. The van der Waals surface area contributed by atoms with Crippen molar-refractivity contribution in [2.24, 2.45) is 0 Å². The number of amides is 1. The number of rotatable bonds is 9. The highest BCUT2D eigenvalue weighted by Gasteiger charge is 2.41. The first-order chi connectivity index (χ1) is 17.8. The number of benzene rings is 3. The van der Waals surface area contributed by atoms with E-state index < -0.39 is 11.7 Å². The van der Waals surface area contributed by atoms with Crippen LogP contribution in [-0.2, 0) is 24.2 Å². The van der Waals surface area contributed by atoms with E-state index in [9.17, 15) is 9.90 Å². The van der Waals surface area contributed by atoms with Crippen LogP contribution in [0.5, 0.6) is 0 Å². The van der Waals surface area contributed by atoms with Crippen molar-refractivity contribution in [2.45, 2.75) is 76.9 Å². The lowest BCUT2D eigenvalue weighted by Gasteiger charge is -2.40. The number of hydrogen-bond acceptors (Lipinski definition) is 4. The van der Waals surface area contributed by atoms with E-state index in [1.165, 1.54) is 16.7 Å². The molecule has 0 aliphatic carbocycles. The summed E-state index contributed by atoms with van der Waals surface area (Å²) >= 11 is 0. The molecule has 0 unspecified atom stereocenters. The topological polar surface area (TPSA) is 53.0 Å². The summed E-state index contributed by atoms with van der Waals surface area (Å²) < 4.78 is 5.71. The third-order valence-corrected chi connectivity index (χ3v) is 6.93. The molecule has 0 bridgehead atoms. The second kappa shape index (κ2) is 12.4. The van der Waals surface area contributed by atoms with Crippen molar-refractivity contribution in [1.82, 2.24) is 9.80 Å². The molecule has 0 radical (unpaired) electrons. The molecule has 196 valence electrons. The maximum atomic E-state index is 13.1. The van der Waals surface area contributed by atoms with E-state index in [-0.39, 0.29) is 18.2 Å². The molecule has 0 saturated carbocycles. The molecule has 5 heteroatoms. The molecule has 37 heavy (non-hydrogen) atoms. The number of aliphatic hydroxyl groups is 1. The first-order valence-electron chi connectivity index (χ1n) is 13.3. The van der Waals surface area contributed by atoms with Crippen LogP contribution in [0.4, 0.5) is 4.79 Å². The van der Waals surface area contributed by atoms with E-state index >= 15 is 0 Å². The quantitative estimate of drug-likeness (QED) is 0.388. The summed E-state index contributed by atoms with van der Waals surface area (Å²) in [4.78, 5) is 17.2. The summed E-state index contributed by atoms with van der Waals surface area (Å²) in [5.74, 6) is 0. The predicted octanol–water partition coefficient (Wildman–Crippen LogP) is 6.06. The number of hydrogen-bond donors (Lipinski definition) is 1. The van der Waals surface area contributed by atoms with Crippen LogP contribution < -0.4 is 0 Å². The summed E-state index contributed by atoms with van der Waals surface area (Å²) in [5, 5.41) is 12.0. The lowest BCUT2D eigenvalue weighted by atomic mass is 9.92. The number of aliphatic hydroxyl groups excluding tert-OH is 1. The molecular weight excluding hydrogens is 460 g/mol. The summed E-state index contributed by atoms with van der Waals surface area (Å²) in [6.07, 6.45) is 1.22.